The lowest BCUT2D eigenvalue weighted by molar-refractivity contribution is -0.121. The topological polar surface area (TPSA) is 64.4 Å². The van der Waals surface area contributed by atoms with Gasteiger partial charge in [-0.2, -0.15) is 0 Å². The van der Waals surface area contributed by atoms with E-state index in [1.54, 1.807) is 38.4 Å². The maximum atomic E-state index is 11.2. The van der Waals surface area contributed by atoms with Crippen LogP contribution in [0.25, 0.3) is 0 Å². The summed E-state index contributed by atoms with van der Waals surface area (Å²) in [5.74, 6) is 0.549. The highest BCUT2D eigenvalue weighted by molar-refractivity contribution is 5.85. The summed E-state index contributed by atoms with van der Waals surface area (Å²) < 4.78 is 4.99. The molecule has 0 saturated heterocycles. The van der Waals surface area contributed by atoms with E-state index >= 15 is 0 Å². The van der Waals surface area contributed by atoms with Crippen molar-refractivity contribution >= 4 is 18.3 Å². The highest BCUT2D eigenvalue weighted by Crippen LogP contribution is 2.15. The molecule has 0 saturated carbocycles. The Morgan fingerprint density at radius 1 is 1.40 bits per heavy atom. The number of nitrogens with two attached hydrogens (primary N) is 1. The van der Waals surface area contributed by atoms with Gasteiger partial charge >= 0.3 is 0 Å². The number of ether oxygens (including phenoxy) is 1. The molecule has 4 nitrogen and oxygen atoms in total. The van der Waals surface area contributed by atoms with Crippen LogP contribution in [0.15, 0.2) is 24.3 Å². The van der Waals surface area contributed by atoms with Crippen LogP contribution in [-0.4, -0.2) is 20.1 Å². The van der Waals surface area contributed by atoms with Crippen LogP contribution in [0.4, 0.5) is 0 Å². The van der Waals surface area contributed by atoms with E-state index in [9.17, 15) is 4.79 Å². The van der Waals surface area contributed by atoms with Crippen LogP contribution in [0.1, 0.15) is 11.6 Å². The van der Waals surface area contributed by atoms with Gasteiger partial charge in [0.25, 0.3) is 0 Å². The Kier molecular flexibility index (Phi) is 5.74. The fourth-order valence-corrected chi connectivity index (χ4v) is 1.12. The summed E-state index contributed by atoms with van der Waals surface area (Å²) >= 11 is 0. The molecule has 0 aliphatic heterocycles. The van der Waals surface area contributed by atoms with E-state index in [0.29, 0.717) is 0 Å². The molecule has 0 spiro atoms. The van der Waals surface area contributed by atoms with E-state index in [0.717, 1.165) is 11.3 Å². The third kappa shape index (κ3) is 3.42. The summed E-state index contributed by atoms with van der Waals surface area (Å²) in [6.45, 7) is 0. The Morgan fingerprint density at radius 3 is 2.33 bits per heavy atom. The van der Waals surface area contributed by atoms with E-state index < -0.39 is 6.04 Å². The number of carbonyl (C=O) groups is 1. The van der Waals surface area contributed by atoms with Gasteiger partial charge in [0.1, 0.15) is 11.8 Å². The van der Waals surface area contributed by atoms with Crippen molar-refractivity contribution in [2.45, 2.75) is 6.04 Å². The molecule has 0 bridgehead atoms. The highest BCUT2D eigenvalue weighted by Gasteiger charge is 2.13. The molecule has 3 N–H and O–H groups in total. The van der Waals surface area contributed by atoms with Crippen molar-refractivity contribution < 1.29 is 9.53 Å². The molecule has 0 heterocycles. The van der Waals surface area contributed by atoms with Gasteiger partial charge in [-0.3, -0.25) is 4.79 Å². The first-order valence-electron chi connectivity index (χ1n) is 4.30. The first kappa shape index (κ1) is 13.7. The summed E-state index contributed by atoms with van der Waals surface area (Å²) in [5.41, 5.74) is 6.46. The number of hydrogen-bond acceptors (Lipinski definition) is 3. The average molecular weight is 231 g/mol. The van der Waals surface area contributed by atoms with Gasteiger partial charge in [-0.05, 0) is 17.7 Å². The molecule has 1 aromatic rings. The number of likely N-dealkylation sites (N-methyl/N-ethyl adjacent to an activating group) is 1. The quantitative estimate of drug-likeness (QED) is 0.810. The lowest BCUT2D eigenvalue weighted by Gasteiger charge is -2.10. The molecule has 1 amide bonds. The van der Waals surface area contributed by atoms with E-state index in [4.69, 9.17) is 10.5 Å². The number of methoxy groups -OCH3 is 1. The number of carbonyl (C=O) groups excluding carboxylic acids is 1. The minimum Gasteiger partial charge on any atom is -0.497 e. The Bertz CT molecular complexity index is 314. The fraction of sp³-hybridized carbons (Fsp3) is 0.300. The van der Waals surface area contributed by atoms with Gasteiger partial charge in [-0.25, -0.2) is 0 Å². The molecule has 0 aliphatic carbocycles. The van der Waals surface area contributed by atoms with E-state index in [1.165, 1.54) is 0 Å². The third-order valence-electron chi connectivity index (χ3n) is 2.00. The molecule has 0 fully saturated rings. The molecule has 1 aromatic carbocycles. The summed E-state index contributed by atoms with van der Waals surface area (Å²) in [4.78, 5) is 11.2. The molecule has 0 radical (unpaired) electrons. The van der Waals surface area contributed by atoms with Crippen molar-refractivity contribution in [3.05, 3.63) is 29.8 Å². The van der Waals surface area contributed by atoms with Gasteiger partial charge in [-0.1, -0.05) is 12.1 Å². The molecule has 5 heteroatoms. The van der Waals surface area contributed by atoms with Crippen molar-refractivity contribution in [1.82, 2.24) is 5.32 Å². The van der Waals surface area contributed by atoms with Crippen LogP contribution in [0.5, 0.6) is 5.75 Å². The SMILES string of the molecule is CNC(=O)C(N)c1ccc(OC)cc1.Cl. The smallest absolute Gasteiger partial charge is 0.241 e. The Balaban J connectivity index is 0.00000196. The molecule has 0 aromatic heterocycles. The van der Waals surface area contributed by atoms with Crippen molar-refractivity contribution in [3.8, 4) is 5.75 Å². The van der Waals surface area contributed by atoms with Crippen molar-refractivity contribution in [2.24, 2.45) is 5.73 Å². The van der Waals surface area contributed by atoms with Crippen LogP contribution in [0.3, 0.4) is 0 Å². The lowest BCUT2D eigenvalue weighted by atomic mass is 10.1. The van der Waals surface area contributed by atoms with Crippen molar-refractivity contribution in [1.29, 1.82) is 0 Å². The van der Waals surface area contributed by atoms with Crippen LogP contribution in [0.2, 0.25) is 0 Å². The summed E-state index contributed by atoms with van der Waals surface area (Å²) in [5, 5.41) is 2.50. The summed E-state index contributed by atoms with van der Waals surface area (Å²) in [7, 11) is 3.15. The molecular formula is C10H15ClN2O2. The highest BCUT2D eigenvalue weighted by atomic mass is 35.5. The summed E-state index contributed by atoms with van der Waals surface area (Å²) in [6, 6.07) is 6.49. The number of nitrogens with one attached hydrogen (secondary N) is 1. The van der Waals surface area contributed by atoms with Crippen LogP contribution in [-0.2, 0) is 4.79 Å². The summed E-state index contributed by atoms with van der Waals surface area (Å²) in [6.07, 6.45) is 0. The Morgan fingerprint density at radius 2 is 1.93 bits per heavy atom. The third-order valence-corrected chi connectivity index (χ3v) is 2.00. The van der Waals surface area contributed by atoms with Gasteiger partial charge in [0.05, 0.1) is 7.11 Å². The first-order chi connectivity index (χ1) is 6.69. The van der Waals surface area contributed by atoms with Gasteiger partial charge in [0.15, 0.2) is 0 Å². The second-order valence-electron chi connectivity index (χ2n) is 2.87. The van der Waals surface area contributed by atoms with E-state index in [1.807, 2.05) is 0 Å². The average Bonchev–Trinajstić information content (AvgIpc) is 2.27. The molecule has 1 rings (SSSR count). The second kappa shape index (κ2) is 6.27. The zero-order chi connectivity index (χ0) is 10.6. The molecule has 15 heavy (non-hydrogen) atoms. The lowest BCUT2D eigenvalue weighted by Crippen LogP contribution is -2.31. The monoisotopic (exact) mass is 230 g/mol. The first-order valence-corrected chi connectivity index (χ1v) is 4.30. The number of benzene rings is 1. The zero-order valence-corrected chi connectivity index (χ0v) is 9.51. The Hall–Kier alpha value is -1.26. The standard InChI is InChI=1S/C10H14N2O2.ClH/c1-12-10(13)9(11)7-3-5-8(14-2)6-4-7;/h3-6,9H,11H2,1-2H3,(H,12,13);1H. The van der Waals surface area contributed by atoms with E-state index in [2.05, 4.69) is 5.32 Å². The molecule has 1 atom stereocenters. The van der Waals surface area contributed by atoms with Crippen LogP contribution in [0, 0.1) is 0 Å². The van der Waals surface area contributed by atoms with Gasteiger partial charge < -0.3 is 15.8 Å². The predicted molar refractivity (Wildman–Crippen MR) is 61.2 cm³/mol. The van der Waals surface area contributed by atoms with Gasteiger partial charge in [0, 0.05) is 7.05 Å². The predicted octanol–water partition coefficient (Wildman–Crippen LogP) is 0.863. The molecular weight excluding hydrogens is 216 g/mol. The minimum atomic E-state index is -0.620. The number of halogens is 1. The van der Waals surface area contributed by atoms with Crippen LogP contribution < -0.4 is 15.8 Å². The second-order valence-corrected chi connectivity index (χ2v) is 2.87. The number of amides is 1. The maximum Gasteiger partial charge on any atom is 0.241 e. The largest absolute Gasteiger partial charge is 0.497 e. The Labute approximate surface area is 95.2 Å². The van der Waals surface area contributed by atoms with Gasteiger partial charge in [-0.15, -0.1) is 12.4 Å². The number of hydrogen-bond donors (Lipinski definition) is 2. The zero-order valence-electron chi connectivity index (χ0n) is 8.69. The molecule has 0 aliphatic rings. The van der Waals surface area contributed by atoms with Crippen molar-refractivity contribution in [3.63, 3.8) is 0 Å². The molecule has 1 unspecified atom stereocenters. The normalized spacial score (nSPS) is 11.1. The molecule has 84 valence electrons. The minimum absolute atomic E-state index is 0. The fourth-order valence-electron chi connectivity index (χ4n) is 1.12. The van der Waals surface area contributed by atoms with Gasteiger partial charge in [0.2, 0.25) is 5.91 Å². The number of rotatable bonds is 3. The maximum absolute atomic E-state index is 11.2. The van der Waals surface area contributed by atoms with E-state index in [-0.39, 0.29) is 18.3 Å². The van der Waals surface area contributed by atoms with Crippen LogP contribution >= 0.6 is 12.4 Å². The van der Waals surface area contributed by atoms with Crippen molar-refractivity contribution in [2.75, 3.05) is 14.2 Å².